The van der Waals surface area contributed by atoms with Crippen LogP contribution in [0.25, 0.3) is 0 Å². The number of aliphatic hydroxyl groups is 1. The molecule has 1 rings (SSSR count). The van der Waals surface area contributed by atoms with E-state index in [1.54, 1.807) is 4.90 Å². The number of hydrogen-bond acceptors (Lipinski definition) is 4. The number of piperidine rings is 1. The van der Waals surface area contributed by atoms with Gasteiger partial charge in [0.25, 0.3) is 0 Å². The fourth-order valence-corrected chi connectivity index (χ4v) is 3.80. The average molecular weight is 346 g/mol. The standard InChI is InChI=1S/C17H35NO4Si/c1-16(2,3)21-15(20)18-11-14(10-9-13(18)12-19)22-23(7,8)17(4,5)6/h13-14,19H,9-12H2,1-8H3/t13-,14-/m1/s1. The number of ether oxygens (including phenoxy) is 1. The Morgan fingerprint density at radius 2 is 1.74 bits per heavy atom. The zero-order valence-electron chi connectivity index (χ0n) is 16.1. The van der Waals surface area contributed by atoms with Crippen LogP contribution < -0.4 is 0 Å². The van der Waals surface area contributed by atoms with Gasteiger partial charge in [0, 0.05) is 6.54 Å². The largest absolute Gasteiger partial charge is 0.444 e. The molecule has 2 atom stereocenters. The number of carbonyl (C=O) groups is 1. The summed E-state index contributed by atoms with van der Waals surface area (Å²) in [7, 11) is -1.88. The zero-order chi connectivity index (χ0) is 18.1. The highest BCUT2D eigenvalue weighted by molar-refractivity contribution is 6.74. The summed E-state index contributed by atoms with van der Waals surface area (Å²) >= 11 is 0. The lowest BCUT2D eigenvalue weighted by molar-refractivity contribution is -0.0198. The van der Waals surface area contributed by atoms with Gasteiger partial charge < -0.3 is 19.2 Å². The molecule has 0 radical (unpaired) electrons. The van der Waals surface area contributed by atoms with Crippen molar-refractivity contribution in [3.8, 4) is 0 Å². The Labute approximate surface area is 142 Å². The fraction of sp³-hybridized carbons (Fsp3) is 0.941. The lowest BCUT2D eigenvalue weighted by atomic mass is 10.0. The van der Waals surface area contributed by atoms with Gasteiger partial charge in [-0.1, -0.05) is 20.8 Å². The van der Waals surface area contributed by atoms with E-state index < -0.39 is 13.9 Å². The first-order valence-electron chi connectivity index (χ1n) is 8.55. The molecule has 5 nitrogen and oxygen atoms in total. The van der Waals surface area contributed by atoms with Crippen LogP contribution in [0.3, 0.4) is 0 Å². The normalized spacial score (nSPS) is 23.8. The summed E-state index contributed by atoms with van der Waals surface area (Å²) in [5.41, 5.74) is -0.537. The zero-order valence-corrected chi connectivity index (χ0v) is 17.1. The molecule has 1 saturated heterocycles. The molecule has 0 aromatic rings. The number of carbonyl (C=O) groups excluding carboxylic acids is 1. The van der Waals surface area contributed by atoms with Crippen LogP contribution in [0.5, 0.6) is 0 Å². The molecule has 6 heteroatoms. The molecular formula is C17H35NO4Si. The Bertz CT molecular complexity index is 412. The molecule has 0 aromatic heterocycles. The van der Waals surface area contributed by atoms with E-state index in [9.17, 15) is 9.90 Å². The highest BCUT2D eigenvalue weighted by Gasteiger charge is 2.42. The lowest BCUT2D eigenvalue weighted by Gasteiger charge is -2.44. The monoisotopic (exact) mass is 345 g/mol. The third kappa shape index (κ3) is 5.76. The van der Waals surface area contributed by atoms with Crippen molar-refractivity contribution in [1.29, 1.82) is 0 Å². The third-order valence-electron chi connectivity index (χ3n) is 4.77. The maximum absolute atomic E-state index is 12.4. The van der Waals surface area contributed by atoms with Crippen LogP contribution in [0.15, 0.2) is 0 Å². The first-order chi connectivity index (χ1) is 10.3. The summed E-state index contributed by atoms with van der Waals surface area (Å²) in [6, 6.07) is -0.177. The van der Waals surface area contributed by atoms with Crippen LogP contribution in [0.4, 0.5) is 4.79 Å². The van der Waals surface area contributed by atoms with Crippen LogP contribution in [0.1, 0.15) is 54.4 Å². The second kappa shape index (κ2) is 7.11. The van der Waals surface area contributed by atoms with E-state index >= 15 is 0 Å². The predicted molar refractivity (Wildman–Crippen MR) is 95.1 cm³/mol. The van der Waals surface area contributed by atoms with E-state index in [4.69, 9.17) is 9.16 Å². The number of rotatable bonds is 3. The lowest BCUT2D eigenvalue weighted by Crippen LogP contribution is -2.55. The van der Waals surface area contributed by atoms with Gasteiger partial charge in [-0.2, -0.15) is 0 Å². The van der Waals surface area contributed by atoms with Gasteiger partial charge in [-0.25, -0.2) is 4.79 Å². The number of nitrogens with zero attached hydrogens (tertiary/aromatic N) is 1. The molecule has 0 unspecified atom stereocenters. The summed E-state index contributed by atoms with van der Waals surface area (Å²) in [4.78, 5) is 14.1. The highest BCUT2D eigenvalue weighted by atomic mass is 28.4. The van der Waals surface area contributed by atoms with E-state index in [0.29, 0.717) is 6.54 Å². The van der Waals surface area contributed by atoms with E-state index in [-0.39, 0.29) is 29.9 Å². The van der Waals surface area contributed by atoms with Crippen LogP contribution in [0.2, 0.25) is 18.1 Å². The van der Waals surface area contributed by atoms with E-state index in [1.165, 1.54) is 0 Å². The van der Waals surface area contributed by atoms with Crippen molar-refractivity contribution < 1.29 is 19.1 Å². The molecule has 0 spiro atoms. The van der Waals surface area contributed by atoms with Crippen molar-refractivity contribution in [3.63, 3.8) is 0 Å². The molecule has 0 bridgehead atoms. The van der Waals surface area contributed by atoms with E-state index in [2.05, 4.69) is 33.9 Å². The Hall–Kier alpha value is -0.593. The number of aliphatic hydroxyl groups excluding tert-OH is 1. The maximum Gasteiger partial charge on any atom is 0.410 e. The van der Waals surface area contributed by atoms with Crippen molar-refractivity contribution in [3.05, 3.63) is 0 Å². The SMILES string of the molecule is CC(C)(C)OC(=O)N1C[C@H](O[Si](C)(C)C(C)(C)C)CC[C@@H]1CO. The van der Waals surface area contributed by atoms with Crippen LogP contribution in [-0.2, 0) is 9.16 Å². The van der Waals surface area contributed by atoms with Gasteiger partial charge in [-0.15, -0.1) is 0 Å². The molecule has 1 aliphatic rings. The molecular weight excluding hydrogens is 310 g/mol. The van der Waals surface area contributed by atoms with Crippen LogP contribution in [-0.4, -0.2) is 55.3 Å². The smallest absolute Gasteiger partial charge is 0.410 e. The molecule has 0 saturated carbocycles. The number of likely N-dealkylation sites (tertiary alicyclic amines) is 1. The quantitative estimate of drug-likeness (QED) is 0.791. The van der Waals surface area contributed by atoms with Gasteiger partial charge in [0.1, 0.15) is 5.60 Å². The topological polar surface area (TPSA) is 59.0 Å². The summed E-state index contributed by atoms with van der Waals surface area (Å²) < 4.78 is 11.9. The third-order valence-corrected chi connectivity index (χ3v) is 9.30. The molecule has 1 amide bonds. The van der Waals surface area contributed by atoms with E-state index in [0.717, 1.165) is 12.8 Å². The van der Waals surface area contributed by atoms with Gasteiger partial charge >= 0.3 is 6.09 Å². The molecule has 1 heterocycles. The van der Waals surface area contributed by atoms with Gasteiger partial charge in [-0.05, 0) is 51.7 Å². The average Bonchev–Trinajstić information content (AvgIpc) is 2.34. The maximum atomic E-state index is 12.4. The fourth-order valence-electron chi connectivity index (χ4n) is 2.42. The minimum absolute atomic E-state index is 0.0196. The molecule has 0 aliphatic carbocycles. The van der Waals surface area contributed by atoms with Crippen molar-refractivity contribution >= 4 is 14.4 Å². The Balaban J connectivity index is 2.80. The van der Waals surface area contributed by atoms with Crippen molar-refractivity contribution in [2.24, 2.45) is 0 Å². The number of hydrogen-bond donors (Lipinski definition) is 1. The molecule has 0 aromatic carbocycles. The Morgan fingerprint density at radius 1 is 1.17 bits per heavy atom. The van der Waals surface area contributed by atoms with Gasteiger partial charge in [0.2, 0.25) is 0 Å². The predicted octanol–water partition coefficient (Wildman–Crippen LogP) is 3.77. The number of amides is 1. The molecule has 1 fully saturated rings. The van der Waals surface area contributed by atoms with Gasteiger partial charge in [-0.3, -0.25) is 0 Å². The van der Waals surface area contributed by atoms with Crippen molar-refractivity contribution in [2.75, 3.05) is 13.2 Å². The summed E-state index contributed by atoms with van der Waals surface area (Å²) in [5, 5.41) is 9.71. The van der Waals surface area contributed by atoms with Gasteiger partial charge in [0.05, 0.1) is 18.8 Å². The minimum Gasteiger partial charge on any atom is -0.444 e. The molecule has 1 N–H and O–H groups in total. The van der Waals surface area contributed by atoms with Crippen LogP contribution in [0, 0.1) is 0 Å². The molecule has 136 valence electrons. The van der Waals surface area contributed by atoms with Gasteiger partial charge in [0.15, 0.2) is 8.32 Å². The van der Waals surface area contributed by atoms with E-state index in [1.807, 2.05) is 20.8 Å². The van der Waals surface area contributed by atoms with Crippen molar-refractivity contribution in [1.82, 2.24) is 4.90 Å². The molecule has 23 heavy (non-hydrogen) atoms. The van der Waals surface area contributed by atoms with Crippen LogP contribution >= 0.6 is 0 Å². The highest BCUT2D eigenvalue weighted by Crippen LogP contribution is 2.38. The summed E-state index contributed by atoms with van der Waals surface area (Å²) in [6.07, 6.45) is 1.28. The first-order valence-corrected chi connectivity index (χ1v) is 11.5. The Kier molecular flexibility index (Phi) is 6.32. The minimum atomic E-state index is -1.88. The second-order valence-electron chi connectivity index (χ2n) is 9.05. The molecule has 1 aliphatic heterocycles. The summed E-state index contributed by atoms with van der Waals surface area (Å²) in [5.74, 6) is 0. The first kappa shape index (κ1) is 20.5. The Morgan fingerprint density at radius 3 is 2.17 bits per heavy atom. The second-order valence-corrected chi connectivity index (χ2v) is 13.8. The van der Waals surface area contributed by atoms with Crippen molar-refractivity contribution in [2.45, 2.75) is 90.3 Å². The summed E-state index contributed by atoms with van der Waals surface area (Å²) in [6.45, 7) is 17.1.